The summed E-state index contributed by atoms with van der Waals surface area (Å²) < 4.78 is 2.37. The van der Waals surface area contributed by atoms with Crippen molar-refractivity contribution in [1.29, 1.82) is 0 Å². The summed E-state index contributed by atoms with van der Waals surface area (Å²) in [7, 11) is 0. The number of nitrogens with one attached hydrogen (secondary N) is 1. The second-order valence-electron chi connectivity index (χ2n) is 2.65. The zero-order chi connectivity index (χ0) is 7.52. The number of hydrogen-bond donors (Lipinski definition) is 1. The Morgan fingerprint density at radius 1 is 1.45 bits per heavy atom. The van der Waals surface area contributed by atoms with Crippen molar-refractivity contribution in [2.24, 2.45) is 0 Å². The third-order valence-electron chi connectivity index (χ3n) is 1.77. The van der Waals surface area contributed by atoms with Crippen LogP contribution in [0.4, 0.5) is 0 Å². The molecule has 1 aromatic heterocycles. The van der Waals surface area contributed by atoms with Gasteiger partial charge in [0.1, 0.15) is 5.03 Å². The van der Waals surface area contributed by atoms with E-state index in [2.05, 4.69) is 14.5 Å². The predicted octanol–water partition coefficient (Wildman–Crippen LogP) is 1.51. The Morgan fingerprint density at radius 2 is 2.27 bits per heavy atom. The first-order valence-electron chi connectivity index (χ1n) is 3.87. The van der Waals surface area contributed by atoms with E-state index in [1.807, 2.05) is 6.07 Å². The molecule has 2 rings (SSSR count). The number of nitrogens with zero attached hydrogens (tertiary/aromatic N) is 2. The molecule has 0 spiro atoms. The topological polar surface area (TPSA) is 31.9 Å². The summed E-state index contributed by atoms with van der Waals surface area (Å²) in [6, 6.07) is 2.00. The quantitative estimate of drug-likeness (QED) is 0.681. The van der Waals surface area contributed by atoms with Gasteiger partial charge in [-0.1, -0.05) is 0 Å². The van der Waals surface area contributed by atoms with Gasteiger partial charge in [-0.25, -0.2) is 4.31 Å². The van der Waals surface area contributed by atoms with Crippen molar-refractivity contribution in [3.63, 3.8) is 0 Å². The van der Waals surface area contributed by atoms with Crippen LogP contribution in [0, 0.1) is 0 Å². The van der Waals surface area contributed by atoms with E-state index in [0.717, 1.165) is 5.03 Å². The van der Waals surface area contributed by atoms with Crippen molar-refractivity contribution in [2.75, 3.05) is 13.1 Å². The fourth-order valence-electron chi connectivity index (χ4n) is 1.21. The molecule has 0 amide bonds. The van der Waals surface area contributed by atoms with E-state index in [4.69, 9.17) is 0 Å². The normalized spacial score (nSPS) is 19.3. The van der Waals surface area contributed by atoms with E-state index in [1.54, 1.807) is 18.1 Å². The average Bonchev–Trinajstić information content (AvgIpc) is 2.60. The van der Waals surface area contributed by atoms with Crippen LogP contribution >= 0.6 is 11.9 Å². The minimum absolute atomic E-state index is 1.15. The van der Waals surface area contributed by atoms with Crippen molar-refractivity contribution in [3.05, 3.63) is 12.3 Å². The van der Waals surface area contributed by atoms with Crippen LogP contribution in [0.3, 0.4) is 0 Å². The molecule has 1 aliphatic heterocycles. The number of rotatable bonds is 2. The third kappa shape index (κ3) is 1.75. The summed E-state index contributed by atoms with van der Waals surface area (Å²) in [4.78, 5) is 0. The van der Waals surface area contributed by atoms with Gasteiger partial charge < -0.3 is 0 Å². The number of hydrogen-bond acceptors (Lipinski definition) is 3. The molecular formula is C7H11N3S. The molecule has 3 nitrogen and oxygen atoms in total. The monoisotopic (exact) mass is 169 g/mol. The standard InChI is InChI=1S/C7H11N3S/c1-2-6-10(5-1)11-7-3-4-8-9-7/h3-4H,1-2,5-6H2,(H,8,9). The van der Waals surface area contributed by atoms with Crippen LogP contribution < -0.4 is 0 Å². The van der Waals surface area contributed by atoms with Gasteiger partial charge in [0.05, 0.1) is 0 Å². The molecule has 0 bridgehead atoms. The van der Waals surface area contributed by atoms with Crippen LogP contribution in [0.2, 0.25) is 0 Å². The fraction of sp³-hybridized carbons (Fsp3) is 0.571. The van der Waals surface area contributed by atoms with Crippen molar-refractivity contribution in [3.8, 4) is 0 Å². The Bertz CT molecular complexity index is 203. The first kappa shape index (κ1) is 7.18. The highest BCUT2D eigenvalue weighted by Gasteiger charge is 2.12. The smallest absolute Gasteiger partial charge is 0.106 e. The van der Waals surface area contributed by atoms with E-state index >= 15 is 0 Å². The van der Waals surface area contributed by atoms with E-state index < -0.39 is 0 Å². The molecule has 11 heavy (non-hydrogen) atoms. The van der Waals surface area contributed by atoms with E-state index in [9.17, 15) is 0 Å². The van der Waals surface area contributed by atoms with Gasteiger partial charge in [0.15, 0.2) is 0 Å². The van der Waals surface area contributed by atoms with Gasteiger partial charge in [-0.15, -0.1) is 0 Å². The van der Waals surface area contributed by atoms with Crippen molar-refractivity contribution in [2.45, 2.75) is 17.9 Å². The van der Waals surface area contributed by atoms with E-state index in [-0.39, 0.29) is 0 Å². The van der Waals surface area contributed by atoms with Crippen molar-refractivity contribution >= 4 is 11.9 Å². The zero-order valence-corrected chi connectivity index (χ0v) is 7.10. The molecule has 0 saturated carbocycles. The van der Waals surface area contributed by atoms with Gasteiger partial charge in [0.25, 0.3) is 0 Å². The van der Waals surface area contributed by atoms with Crippen LogP contribution in [0.15, 0.2) is 17.3 Å². The largest absolute Gasteiger partial charge is 0.271 e. The van der Waals surface area contributed by atoms with Gasteiger partial charge in [-0.3, -0.25) is 5.10 Å². The Hall–Kier alpha value is -0.480. The highest BCUT2D eigenvalue weighted by Crippen LogP contribution is 2.23. The molecule has 4 heteroatoms. The maximum absolute atomic E-state index is 3.89. The first-order chi connectivity index (χ1) is 5.45. The molecular weight excluding hydrogens is 158 g/mol. The summed E-state index contributed by atoms with van der Waals surface area (Å²) in [5.41, 5.74) is 0. The minimum atomic E-state index is 1.15. The first-order valence-corrected chi connectivity index (χ1v) is 4.65. The SMILES string of the molecule is c1cc(SN2CCCC2)[nH]n1. The molecule has 2 heterocycles. The lowest BCUT2D eigenvalue weighted by Gasteiger charge is -2.10. The molecule has 0 atom stereocenters. The molecule has 0 aromatic carbocycles. The maximum Gasteiger partial charge on any atom is 0.106 e. The molecule has 0 aliphatic carbocycles. The second-order valence-corrected chi connectivity index (χ2v) is 3.79. The van der Waals surface area contributed by atoms with E-state index in [0.29, 0.717) is 0 Å². The molecule has 1 N–H and O–H groups in total. The van der Waals surface area contributed by atoms with Crippen molar-refractivity contribution < 1.29 is 0 Å². The predicted molar refractivity (Wildman–Crippen MR) is 45.3 cm³/mol. The molecule has 1 fully saturated rings. The summed E-state index contributed by atoms with van der Waals surface area (Å²) in [5.74, 6) is 0. The van der Waals surface area contributed by atoms with Gasteiger partial charge in [-0.2, -0.15) is 5.10 Å². The summed E-state index contributed by atoms with van der Waals surface area (Å²) in [6.45, 7) is 2.42. The lowest BCUT2D eigenvalue weighted by Crippen LogP contribution is -2.08. The summed E-state index contributed by atoms with van der Waals surface area (Å²) in [6.07, 6.45) is 4.46. The maximum atomic E-state index is 3.89. The van der Waals surface area contributed by atoms with Crippen LogP contribution in [0.25, 0.3) is 0 Å². The lowest BCUT2D eigenvalue weighted by molar-refractivity contribution is 0.584. The Balaban J connectivity index is 1.90. The molecule has 0 radical (unpaired) electrons. The van der Waals surface area contributed by atoms with Crippen LogP contribution in [-0.4, -0.2) is 27.6 Å². The molecule has 1 aliphatic rings. The molecule has 1 aromatic rings. The number of H-pyrrole nitrogens is 1. The Kier molecular flexibility index (Phi) is 2.14. The van der Waals surface area contributed by atoms with Crippen LogP contribution in [-0.2, 0) is 0 Å². The minimum Gasteiger partial charge on any atom is -0.271 e. The summed E-state index contributed by atoms with van der Waals surface area (Å²) >= 11 is 1.77. The highest BCUT2D eigenvalue weighted by molar-refractivity contribution is 7.97. The van der Waals surface area contributed by atoms with Crippen molar-refractivity contribution in [1.82, 2.24) is 14.5 Å². The van der Waals surface area contributed by atoms with Gasteiger partial charge in [0, 0.05) is 19.3 Å². The Labute approximate surface area is 70.3 Å². The number of aromatic nitrogens is 2. The average molecular weight is 169 g/mol. The lowest BCUT2D eigenvalue weighted by atomic mass is 10.4. The summed E-state index contributed by atoms with van der Waals surface area (Å²) in [5, 5.41) is 7.97. The Morgan fingerprint density at radius 3 is 2.91 bits per heavy atom. The van der Waals surface area contributed by atoms with Gasteiger partial charge in [-0.05, 0) is 30.9 Å². The van der Waals surface area contributed by atoms with Gasteiger partial charge in [0.2, 0.25) is 0 Å². The third-order valence-corrected chi connectivity index (χ3v) is 2.82. The molecule has 0 unspecified atom stereocenters. The zero-order valence-electron chi connectivity index (χ0n) is 6.29. The molecule has 60 valence electrons. The van der Waals surface area contributed by atoms with Crippen LogP contribution in [0.5, 0.6) is 0 Å². The van der Waals surface area contributed by atoms with Gasteiger partial charge >= 0.3 is 0 Å². The number of aromatic amines is 1. The second kappa shape index (κ2) is 3.28. The molecule has 1 saturated heterocycles. The highest BCUT2D eigenvalue weighted by atomic mass is 32.2. The van der Waals surface area contributed by atoms with E-state index in [1.165, 1.54) is 25.9 Å². The fourth-order valence-corrected chi connectivity index (χ4v) is 2.15. The van der Waals surface area contributed by atoms with Crippen LogP contribution in [0.1, 0.15) is 12.8 Å².